The molecule has 1 aromatic rings. The Balaban J connectivity index is 3.03. The minimum absolute atomic E-state index is 0.101. The SMILES string of the molecule is CCCN(c1ccc(C#N)c(F)c1)C(C)C. The zero-order valence-electron chi connectivity index (χ0n) is 10.00. The minimum atomic E-state index is -0.443. The van der Waals surface area contributed by atoms with Crippen LogP contribution in [0.25, 0.3) is 0 Å². The van der Waals surface area contributed by atoms with Crippen LogP contribution in [0.3, 0.4) is 0 Å². The number of benzene rings is 1. The molecule has 2 nitrogen and oxygen atoms in total. The normalized spacial score (nSPS) is 10.2. The van der Waals surface area contributed by atoms with Gasteiger partial charge in [-0.05, 0) is 38.5 Å². The molecule has 0 aliphatic rings. The van der Waals surface area contributed by atoms with Gasteiger partial charge < -0.3 is 4.90 Å². The van der Waals surface area contributed by atoms with Crippen molar-refractivity contribution in [2.75, 3.05) is 11.4 Å². The third-order valence-corrected chi connectivity index (χ3v) is 2.49. The van der Waals surface area contributed by atoms with Gasteiger partial charge in [-0.2, -0.15) is 5.26 Å². The van der Waals surface area contributed by atoms with Gasteiger partial charge in [0.2, 0.25) is 0 Å². The van der Waals surface area contributed by atoms with E-state index in [1.165, 1.54) is 12.1 Å². The summed E-state index contributed by atoms with van der Waals surface area (Å²) in [6, 6.07) is 6.93. The fraction of sp³-hybridized carbons (Fsp3) is 0.462. The number of hydrogen-bond donors (Lipinski definition) is 0. The van der Waals surface area contributed by atoms with Crippen molar-refractivity contribution < 1.29 is 4.39 Å². The third-order valence-electron chi connectivity index (χ3n) is 2.49. The van der Waals surface area contributed by atoms with Crippen LogP contribution in [0.2, 0.25) is 0 Å². The molecule has 0 bridgehead atoms. The lowest BCUT2D eigenvalue weighted by Gasteiger charge is -2.28. The van der Waals surface area contributed by atoms with E-state index in [-0.39, 0.29) is 5.56 Å². The molecule has 0 N–H and O–H groups in total. The van der Waals surface area contributed by atoms with Gasteiger partial charge in [0.15, 0.2) is 0 Å². The first kappa shape index (κ1) is 12.5. The molecule has 1 aromatic carbocycles. The number of hydrogen-bond acceptors (Lipinski definition) is 2. The highest BCUT2D eigenvalue weighted by atomic mass is 19.1. The molecule has 0 heterocycles. The predicted molar refractivity (Wildman–Crippen MR) is 63.9 cm³/mol. The lowest BCUT2D eigenvalue weighted by Crippen LogP contribution is -2.31. The van der Waals surface area contributed by atoms with E-state index >= 15 is 0 Å². The second-order valence-electron chi connectivity index (χ2n) is 4.06. The van der Waals surface area contributed by atoms with Crippen molar-refractivity contribution in [3.63, 3.8) is 0 Å². The predicted octanol–water partition coefficient (Wildman–Crippen LogP) is 3.32. The smallest absolute Gasteiger partial charge is 0.143 e. The first-order valence-corrected chi connectivity index (χ1v) is 5.56. The Kier molecular flexibility index (Phi) is 4.30. The largest absolute Gasteiger partial charge is 0.369 e. The number of nitriles is 1. The molecular formula is C13H17FN2. The van der Waals surface area contributed by atoms with Crippen LogP contribution in [0.4, 0.5) is 10.1 Å². The van der Waals surface area contributed by atoms with Gasteiger partial charge in [0.25, 0.3) is 0 Å². The fourth-order valence-corrected chi connectivity index (χ4v) is 1.70. The molecule has 16 heavy (non-hydrogen) atoms. The van der Waals surface area contributed by atoms with Gasteiger partial charge >= 0.3 is 0 Å². The van der Waals surface area contributed by atoms with Crippen molar-refractivity contribution in [3.05, 3.63) is 29.6 Å². The monoisotopic (exact) mass is 220 g/mol. The first-order chi connectivity index (χ1) is 7.60. The summed E-state index contributed by atoms with van der Waals surface area (Å²) < 4.78 is 13.5. The summed E-state index contributed by atoms with van der Waals surface area (Å²) in [6.07, 6.45) is 1.01. The Morgan fingerprint density at radius 1 is 1.44 bits per heavy atom. The van der Waals surface area contributed by atoms with Crippen molar-refractivity contribution in [2.45, 2.75) is 33.2 Å². The van der Waals surface area contributed by atoms with Crippen molar-refractivity contribution in [3.8, 4) is 6.07 Å². The molecule has 0 atom stereocenters. The second-order valence-corrected chi connectivity index (χ2v) is 4.06. The maximum absolute atomic E-state index is 13.5. The molecule has 0 radical (unpaired) electrons. The average Bonchev–Trinajstić information content (AvgIpc) is 2.25. The third kappa shape index (κ3) is 2.73. The van der Waals surface area contributed by atoms with Crippen LogP contribution in [0.15, 0.2) is 18.2 Å². The molecule has 0 spiro atoms. The zero-order valence-corrected chi connectivity index (χ0v) is 10.00. The summed E-state index contributed by atoms with van der Waals surface area (Å²) in [7, 11) is 0. The van der Waals surface area contributed by atoms with Gasteiger partial charge in [-0.15, -0.1) is 0 Å². The molecule has 3 heteroatoms. The van der Waals surface area contributed by atoms with Crippen LogP contribution < -0.4 is 4.90 Å². The van der Waals surface area contributed by atoms with Crippen molar-refractivity contribution >= 4 is 5.69 Å². The molecule has 0 saturated carbocycles. The van der Waals surface area contributed by atoms with Gasteiger partial charge in [-0.25, -0.2) is 4.39 Å². The van der Waals surface area contributed by atoms with Crippen LogP contribution in [0.5, 0.6) is 0 Å². The molecular weight excluding hydrogens is 203 g/mol. The van der Waals surface area contributed by atoms with E-state index in [4.69, 9.17) is 5.26 Å². The van der Waals surface area contributed by atoms with E-state index < -0.39 is 5.82 Å². The molecule has 0 aliphatic heterocycles. The quantitative estimate of drug-likeness (QED) is 0.778. The Morgan fingerprint density at radius 2 is 2.12 bits per heavy atom. The number of anilines is 1. The average molecular weight is 220 g/mol. The van der Waals surface area contributed by atoms with E-state index in [0.29, 0.717) is 6.04 Å². The van der Waals surface area contributed by atoms with Gasteiger partial charge in [-0.3, -0.25) is 0 Å². The van der Waals surface area contributed by atoms with Gasteiger partial charge in [0.05, 0.1) is 5.56 Å². The van der Waals surface area contributed by atoms with Crippen LogP contribution in [0, 0.1) is 17.1 Å². The summed E-state index contributed by atoms with van der Waals surface area (Å²) >= 11 is 0. The molecule has 0 fully saturated rings. The highest BCUT2D eigenvalue weighted by Crippen LogP contribution is 2.20. The van der Waals surface area contributed by atoms with Crippen molar-refractivity contribution in [1.82, 2.24) is 0 Å². The Hall–Kier alpha value is -1.56. The van der Waals surface area contributed by atoms with Crippen LogP contribution in [0.1, 0.15) is 32.8 Å². The number of halogens is 1. The standard InChI is InChI=1S/C13H17FN2/c1-4-7-16(10(2)3)12-6-5-11(9-15)13(14)8-12/h5-6,8,10H,4,7H2,1-3H3. The molecule has 0 aromatic heterocycles. The van der Waals surface area contributed by atoms with Crippen LogP contribution in [-0.4, -0.2) is 12.6 Å². The van der Waals surface area contributed by atoms with E-state index in [2.05, 4.69) is 25.7 Å². The van der Waals surface area contributed by atoms with Gasteiger partial charge in [0.1, 0.15) is 11.9 Å². The molecule has 0 unspecified atom stereocenters. The Bertz CT molecular complexity index is 393. The molecule has 0 aliphatic carbocycles. The highest BCUT2D eigenvalue weighted by molar-refractivity contribution is 5.51. The summed E-state index contributed by atoms with van der Waals surface area (Å²) in [5.41, 5.74) is 0.942. The van der Waals surface area contributed by atoms with E-state index in [1.54, 1.807) is 6.07 Å². The number of rotatable bonds is 4. The van der Waals surface area contributed by atoms with E-state index in [1.807, 2.05) is 6.07 Å². The van der Waals surface area contributed by atoms with Crippen LogP contribution >= 0.6 is 0 Å². The molecule has 1 rings (SSSR count). The van der Waals surface area contributed by atoms with E-state index in [0.717, 1.165) is 18.7 Å². The maximum atomic E-state index is 13.5. The lowest BCUT2D eigenvalue weighted by atomic mass is 10.1. The summed E-state index contributed by atoms with van der Waals surface area (Å²) in [5.74, 6) is -0.443. The second kappa shape index (κ2) is 5.50. The van der Waals surface area contributed by atoms with Crippen LogP contribution in [-0.2, 0) is 0 Å². The van der Waals surface area contributed by atoms with Gasteiger partial charge in [-0.1, -0.05) is 6.92 Å². The minimum Gasteiger partial charge on any atom is -0.369 e. The first-order valence-electron chi connectivity index (χ1n) is 5.56. The topological polar surface area (TPSA) is 27.0 Å². The molecule has 86 valence electrons. The number of nitrogens with zero attached hydrogens (tertiary/aromatic N) is 2. The summed E-state index contributed by atoms with van der Waals surface area (Å²) in [5, 5.41) is 8.66. The molecule has 0 saturated heterocycles. The maximum Gasteiger partial charge on any atom is 0.143 e. The fourth-order valence-electron chi connectivity index (χ4n) is 1.70. The van der Waals surface area contributed by atoms with Crippen molar-refractivity contribution in [1.29, 1.82) is 5.26 Å². The Morgan fingerprint density at radius 3 is 2.56 bits per heavy atom. The Labute approximate surface area is 96.3 Å². The molecule has 0 amide bonds. The summed E-state index contributed by atoms with van der Waals surface area (Å²) in [4.78, 5) is 2.13. The summed E-state index contributed by atoms with van der Waals surface area (Å²) in [6.45, 7) is 7.13. The van der Waals surface area contributed by atoms with E-state index in [9.17, 15) is 4.39 Å². The zero-order chi connectivity index (χ0) is 12.1. The lowest BCUT2D eigenvalue weighted by molar-refractivity contribution is 0.618. The highest BCUT2D eigenvalue weighted by Gasteiger charge is 2.11. The van der Waals surface area contributed by atoms with Gasteiger partial charge in [0, 0.05) is 18.3 Å². The van der Waals surface area contributed by atoms with Crippen molar-refractivity contribution in [2.24, 2.45) is 0 Å².